The van der Waals surface area contributed by atoms with Crippen LogP contribution in [-0.4, -0.2) is 37.7 Å². The zero-order valence-corrected chi connectivity index (χ0v) is 15.7. The number of aliphatic hydroxyl groups is 1. The number of hydrogen-bond donors (Lipinski definition) is 1. The summed E-state index contributed by atoms with van der Waals surface area (Å²) in [6.45, 7) is 0.366. The molecule has 1 saturated heterocycles. The summed E-state index contributed by atoms with van der Waals surface area (Å²) >= 11 is 0. The first-order chi connectivity index (χ1) is 13.4. The van der Waals surface area contributed by atoms with Crippen molar-refractivity contribution < 1.29 is 22.3 Å². The van der Waals surface area contributed by atoms with E-state index in [0.717, 1.165) is 24.8 Å². The van der Waals surface area contributed by atoms with Crippen LogP contribution in [0.5, 0.6) is 0 Å². The van der Waals surface area contributed by atoms with Gasteiger partial charge in [-0.15, -0.1) is 0 Å². The Bertz CT molecular complexity index is 1150. The highest BCUT2D eigenvalue weighted by molar-refractivity contribution is 7.91. The zero-order chi connectivity index (χ0) is 19.9. The maximum atomic E-state index is 14.3. The topological polar surface area (TPSA) is 70.5 Å². The second kappa shape index (κ2) is 7.10. The van der Waals surface area contributed by atoms with Gasteiger partial charge in [0.05, 0.1) is 23.2 Å². The highest BCUT2D eigenvalue weighted by Gasteiger charge is 2.32. The van der Waals surface area contributed by atoms with E-state index in [9.17, 15) is 22.3 Å². The molecule has 0 spiro atoms. The Balaban J connectivity index is 2.02. The van der Waals surface area contributed by atoms with Crippen molar-refractivity contribution >= 4 is 26.4 Å². The van der Waals surface area contributed by atoms with Crippen molar-refractivity contribution in [3.05, 3.63) is 60.3 Å². The van der Waals surface area contributed by atoms with E-state index in [2.05, 4.69) is 4.98 Å². The fourth-order valence-electron chi connectivity index (χ4n) is 3.73. The molecule has 0 radical (unpaired) electrons. The van der Waals surface area contributed by atoms with Crippen molar-refractivity contribution in [3.63, 3.8) is 0 Å². The van der Waals surface area contributed by atoms with Crippen LogP contribution >= 0.6 is 0 Å². The Morgan fingerprint density at radius 3 is 2.71 bits per heavy atom. The predicted octanol–water partition coefficient (Wildman–Crippen LogP) is 3.31. The minimum absolute atomic E-state index is 0.0549. The number of nitrogens with zero attached hydrogens (tertiary/aromatic N) is 2. The Morgan fingerprint density at radius 2 is 1.96 bits per heavy atom. The molecule has 4 rings (SSSR count). The lowest BCUT2D eigenvalue weighted by molar-refractivity contribution is 0.266. The van der Waals surface area contributed by atoms with E-state index < -0.39 is 21.5 Å². The fourth-order valence-corrected chi connectivity index (χ4v) is 5.18. The van der Waals surface area contributed by atoms with Gasteiger partial charge in [-0.25, -0.2) is 17.2 Å². The molecule has 28 heavy (non-hydrogen) atoms. The molecule has 2 aromatic carbocycles. The van der Waals surface area contributed by atoms with Gasteiger partial charge in [0.15, 0.2) is 0 Å². The van der Waals surface area contributed by atoms with Gasteiger partial charge in [0, 0.05) is 18.1 Å². The Kier molecular flexibility index (Phi) is 4.76. The summed E-state index contributed by atoms with van der Waals surface area (Å²) in [5.74, 6) is -1.23. The summed E-state index contributed by atoms with van der Waals surface area (Å²) in [6, 6.07) is 8.82. The Labute approximate surface area is 161 Å². The molecule has 0 aliphatic carbocycles. The third-order valence-corrected chi connectivity index (χ3v) is 6.81. The highest BCUT2D eigenvalue weighted by atomic mass is 32.2. The molecule has 1 atom stereocenters. The molecule has 0 amide bonds. The first-order valence-corrected chi connectivity index (χ1v) is 10.4. The summed E-state index contributed by atoms with van der Waals surface area (Å²) in [5, 5.41) is 10.1. The van der Waals surface area contributed by atoms with E-state index in [1.54, 1.807) is 11.0 Å². The third-order valence-electron chi connectivity index (χ3n) is 5.06. The number of aliphatic hydroxyl groups excluding tert-OH is 1. The van der Waals surface area contributed by atoms with E-state index >= 15 is 0 Å². The number of halogens is 2. The third kappa shape index (κ3) is 3.02. The summed E-state index contributed by atoms with van der Waals surface area (Å²) in [5.41, 5.74) is 0.351. The van der Waals surface area contributed by atoms with Crippen LogP contribution in [-0.2, 0) is 9.84 Å². The predicted molar refractivity (Wildman–Crippen MR) is 101 cm³/mol. The van der Waals surface area contributed by atoms with Crippen LogP contribution in [0.2, 0.25) is 0 Å². The lowest BCUT2D eigenvalue weighted by Gasteiger charge is -2.28. The molecule has 0 saturated carbocycles. The molecular weight excluding hydrogens is 386 g/mol. The molecule has 0 bridgehead atoms. The van der Waals surface area contributed by atoms with Gasteiger partial charge < -0.3 is 10.0 Å². The summed E-state index contributed by atoms with van der Waals surface area (Å²) in [7, 11) is -4.11. The molecule has 146 valence electrons. The Morgan fingerprint density at radius 1 is 1.18 bits per heavy atom. The van der Waals surface area contributed by atoms with Crippen LogP contribution in [0.1, 0.15) is 12.8 Å². The van der Waals surface area contributed by atoms with Crippen molar-refractivity contribution in [2.24, 2.45) is 0 Å². The molecule has 3 aromatic rings. The maximum absolute atomic E-state index is 14.3. The lowest BCUT2D eigenvalue weighted by atomic mass is 10.1. The van der Waals surface area contributed by atoms with Gasteiger partial charge in [-0.3, -0.25) is 4.98 Å². The largest absolute Gasteiger partial charge is 0.394 e. The number of aromatic nitrogens is 1. The minimum Gasteiger partial charge on any atom is -0.394 e. The van der Waals surface area contributed by atoms with Crippen LogP contribution in [0.15, 0.2) is 58.5 Å². The monoisotopic (exact) mass is 404 g/mol. The summed E-state index contributed by atoms with van der Waals surface area (Å²) < 4.78 is 54.6. The molecule has 1 aliphatic heterocycles. The van der Waals surface area contributed by atoms with Gasteiger partial charge in [0.25, 0.3) is 0 Å². The summed E-state index contributed by atoms with van der Waals surface area (Å²) in [6.07, 6.45) is 2.58. The second-order valence-corrected chi connectivity index (χ2v) is 8.66. The average molecular weight is 404 g/mol. The van der Waals surface area contributed by atoms with Crippen LogP contribution in [0.25, 0.3) is 10.9 Å². The smallest absolute Gasteiger partial charge is 0.210 e. The van der Waals surface area contributed by atoms with Gasteiger partial charge in [-0.1, -0.05) is 18.2 Å². The van der Waals surface area contributed by atoms with Crippen molar-refractivity contribution in [3.8, 4) is 0 Å². The highest BCUT2D eigenvalue weighted by Crippen LogP contribution is 2.39. The van der Waals surface area contributed by atoms with E-state index in [1.807, 2.05) is 0 Å². The summed E-state index contributed by atoms with van der Waals surface area (Å²) in [4.78, 5) is 5.50. The van der Waals surface area contributed by atoms with Gasteiger partial charge in [0.2, 0.25) is 9.84 Å². The van der Waals surface area contributed by atoms with E-state index in [1.165, 1.54) is 24.3 Å². The quantitative estimate of drug-likeness (QED) is 0.723. The van der Waals surface area contributed by atoms with E-state index in [0.29, 0.717) is 24.0 Å². The number of para-hydroxylation sites is 1. The average Bonchev–Trinajstić information content (AvgIpc) is 3.16. The van der Waals surface area contributed by atoms with Crippen molar-refractivity contribution in [2.75, 3.05) is 18.1 Å². The molecule has 2 heterocycles. The standard InChI is InChI=1S/C20H18F2N2O3S/c21-13-4-1-6-15(10-13)28(26,27)18-11-23-19-16(7-2-8-17(19)22)20(18)24-9-3-5-14(24)12-25/h1-2,4,6-8,10-11,14,25H,3,5,9,12H2. The number of fused-ring (bicyclic) bond motifs is 1. The normalized spacial score (nSPS) is 17.4. The number of hydrogen-bond acceptors (Lipinski definition) is 5. The van der Waals surface area contributed by atoms with Gasteiger partial charge in [-0.05, 0) is 37.1 Å². The number of rotatable bonds is 4. The van der Waals surface area contributed by atoms with Crippen molar-refractivity contribution in [2.45, 2.75) is 28.7 Å². The van der Waals surface area contributed by atoms with E-state index in [-0.39, 0.29) is 28.0 Å². The fraction of sp³-hybridized carbons (Fsp3) is 0.250. The van der Waals surface area contributed by atoms with Crippen molar-refractivity contribution in [1.29, 1.82) is 0 Å². The molecule has 1 fully saturated rings. The SMILES string of the molecule is O=S(=O)(c1cccc(F)c1)c1cnc2c(F)cccc2c1N1CCCC1CO. The van der Waals surface area contributed by atoms with Crippen LogP contribution in [0.3, 0.4) is 0 Å². The van der Waals surface area contributed by atoms with Crippen molar-refractivity contribution in [1.82, 2.24) is 4.98 Å². The maximum Gasteiger partial charge on any atom is 0.210 e. The van der Waals surface area contributed by atoms with E-state index in [4.69, 9.17) is 0 Å². The lowest BCUT2D eigenvalue weighted by Crippen LogP contribution is -2.33. The Hall–Kier alpha value is -2.58. The molecule has 8 heteroatoms. The molecule has 5 nitrogen and oxygen atoms in total. The van der Waals surface area contributed by atoms with Crippen LogP contribution in [0, 0.1) is 11.6 Å². The number of anilines is 1. The molecule has 1 aromatic heterocycles. The molecule has 1 unspecified atom stereocenters. The van der Waals surface area contributed by atoms with Crippen LogP contribution < -0.4 is 4.90 Å². The molecule has 1 aliphatic rings. The van der Waals surface area contributed by atoms with Gasteiger partial charge >= 0.3 is 0 Å². The number of sulfone groups is 1. The number of benzene rings is 2. The molecular formula is C20H18F2N2O3S. The zero-order valence-electron chi connectivity index (χ0n) is 14.8. The van der Waals surface area contributed by atoms with Gasteiger partial charge in [-0.2, -0.15) is 0 Å². The molecule has 1 N–H and O–H groups in total. The number of pyridine rings is 1. The van der Waals surface area contributed by atoms with Gasteiger partial charge in [0.1, 0.15) is 22.0 Å². The first kappa shape index (κ1) is 18.8. The minimum atomic E-state index is -4.11. The first-order valence-electron chi connectivity index (χ1n) is 8.89. The second-order valence-electron chi connectivity index (χ2n) is 6.74. The van der Waals surface area contributed by atoms with Crippen LogP contribution in [0.4, 0.5) is 14.5 Å².